The zero-order valence-electron chi connectivity index (χ0n) is 10.1. The Morgan fingerprint density at radius 3 is 2.80 bits per heavy atom. The number of hydrogen-bond acceptors (Lipinski definition) is 4. The number of nitrogens with two attached hydrogens (primary N) is 1. The standard InChI is InChI=1S/C11H10BrF2N5O/c12-7-2-1-3-8(16-7)19-9(17-18-11(19)20)4-6(5-15)10(13)14/h1-3H,4-5,15H2,(H,18,20). The lowest BCUT2D eigenvalue weighted by Crippen LogP contribution is -2.19. The van der Waals surface area contributed by atoms with Crippen LogP contribution >= 0.6 is 15.9 Å². The maximum Gasteiger partial charge on any atom is 0.349 e. The van der Waals surface area contributed by atoms with E-state index in [1.54, 1.807) is 18.2 Å². The number of rotatable bonds is 4. The summed E-state index contributed by atoms with van der Waals surface area (Å²) < 4.78 is 26.9. The van der Waals surface area contributed by atoms with E-state index in [9.17, 15) is 13.6 Å². The van der Waals surface area contributed by atoms with Crippen molar-refractivity contribution in [3.05, 3.63) is 50.8 Å². The molecule has 0 amide bonds. The van der Waals surface area contributed by atoms with E-state index in [4.69, 9.17) is 5.73 Å². The summed E-state index contributed by atoms with van der Waals surface area (Å²) in [5.41, 5.74) is 4.42. The van der Waals surface area contributed by atoms with E-state index >= 15 is 0 Å². The van der Waals surface area contributed by atoms with Gasteiger partial charge >= 0.3 is 5.69 Å². The Balaban J connectivity index is 2.48. The van der Waals surface area contributed by atoms with E-state index in [-0.39, 0.29) is 30.2 Å². The Kier molecular flexibility index (Phi) is 4.40. The number of halogens is 3. The molecule has 2 aromatic rings. The molecule has 2 rings (SSSR count). The number of pyridine rings is 1. The van der Waals surface area contributed by atoms with Gasteiger partial charge < -0.3 is 5.73 Å². The average Bonchev–Trinajstić information content (AvgIpc) is 2.76. The zero-order valence-corrected chi connectivity index (χ0v) is 11.7. The molecule has 106 valence electrons. The second kappa shape index (κ2) is 6.06. The third-order valence-electron chi connectivity index (χ3n) is 2.56. The molecule has 3 N–H and O–H groups in total. The molecule has 0 saturated heterocycles. The summed E-state index contributed by atoms with van der Waals surface area (Å²) in [4.78, 5) is 15.8. The van der Waals surface area contributed by atoms with Crippen LogP contribution in [0.2, 0.25) is 0 Å². The minimum absolute atomic E-state index is 0.119. The van der Waals surface area contributed by atoms with Crippen molar-refractivity contribution >= 4 is 15.9 Å². The van der Waals surface area contributed by atoms with Crippen molar-refractivity contribution in [1.29, 1.82) is 0 Å². The number of H-pyrrole nitrogens is 1. The highest BCUT2D eigenvalue weighted by Gasteiger charge is 2.15. The highest BCUT2D eigenvalue weighted by Crippen LogP contribution is 2.14. The smallest absolute Gasteiger partial charge is 0.327 e. The maximum absolute atomic E-state index is 12.6. The van der Waals surface area contributed by atoms with E-state index in [0.717, 1.165) is 4.57 Å². The molecule has 6 nitrogen and oxygen atoms in total. The summed E-state index contributed by atoms with van der Waals surface area (Å²) in [6.45, 7) is -0.310. The predicted molar refractivity (Wildman–Crippen MR) is 71.7 cm³/mol. The van der Waals surface area contributed by atoms with Crippen LogP contribution in [-0.4, -0.2) is 26.3 Å². The van der Waals surface area contributed by atoms with E-state index in [2.05, 4.69) is 31.1 Å². The molecule has 0 atom stereocenters. The average molecular weight is 346 g/mol. The maximum atomic E-state index is 12.6. The molecule has 0 spiro atoms. The molecule has 0 fully saturated rings. The summed E-state index contributed by atoms with van der Waals surface area (Å²) in [5, 5.41) is 5.96. The van der Waals surface area contributed by atoms with Gasteiger partial charge in [0.25, 0.3) is 6.08 Å². The Hall–Kier alpha value is -1.87. The molecule has 0 aromatic carbocycles. The quantitative estimate of drug-likeness (QED) is 0.819. The number of aromatic amines is 1. The molecule has 0 aliphatic rings. The first-order chi connectivity index (χ1) is 9.52. The lowest BCUT2D eigenvalue weighted by atomic mass is 10.2. The van der Waals surface area contributed by atoms with Crippen LogP contribution in [0, 0.1) is 0 Å². The van der Waals surface area contributed by atoms with Gasteiger partial charge in [0, 0.05) is 18.5 Å². The third kappa shape index (κ3) is 2.99. The molecular weight excluding hydrogens is 336 g/mol. The molecule has 0 bridgehead atoms. The lowest BCUT2D eigenvalue weighted by molar-refractivity contribution is 0.407. The van der Waals surface area contributed by atoms with E-state index in [0.29, 0.717) is 4.60 Å². The van der Waals surface area contributed by atoms with Gasteiger partial charge in [-0.05, 0) is 28.1 Å². The zero-order chi connectivity index (χ0) is 14.7. The highest BCUT2D eigenvalue weighted by molar-refractivity contribution is 9.10. The molecule has 20 heavy (non-hydrogen) atoms. The predicted octanol–water partition coefficient (Wildman–Crippen LogP) is 1.37. The van der Waals surface area contributed by atoms with Gasteiger partial charge in [-0.1, -0.05) is 6.07 Å². The van der Waals surface area contributed by atoms with Gasteiger partial charge in [0.1, 0.15) is 16.2 Å². The molecule has 9 heteroatoms. The van der Waals surface area contributed by atoms with Gasteiger partial charge in [-0.25, -0.2) is 19.4 Å². The van der Waals surface area contributed by atoms with Crippen LogP contribution in [0.5, 0.6) is 0 Å². The second-order valence-corrected chi connectivity index (χ2v) is 4.66. The Morgan fingerprint density at radius 2 is 2.20 bits per heavy atom. The second-order valence-electron chi connectivity index (χ2n) is 3.84. The number of nitrogens with one attached hydrogen (secondary N) is 1. The fourth-order valence-corrected chi connectivity index (χ4v) is 1.95. The summed E-state index contributed by atoms with van der Waals surface area (Å²) in [5.74, 6) is 0.401. The summed E-state index contributed by atoms with van der Waals surface area (Å²) in [6, 6.07) is 4.93. The Labute approximate surface area is 120 Å². The number of nitrogens with zero attached hydrogens (tertiary/aromatic N) is 3. The normalized spacial score (nSPS) is 10.6. The van der Waals surface area contributed by atoms with Crippen LogP contribution in [0.1, 0.15) is 5.82 Å². The largest absolute Gasteiger partial charge is 0.349 e. The van der Waals surface area contributed by atoms with E-state index < -0.39 is 11.8 Å². The first kappa shape index (κ1) is 14.5. The van der Waals surface area contributed by atoms with Gasteiger partial charge in [0.05, 0.1) is 0 Å². The minimum atomic E-state index is -1.86. The molecule has 2 aromatic heterocycles. The van der Waals surface area contributed by atoms with Gasteiger partial charge in [-0.15, -0.1) is 0 Å². The fraction of sp³-hybridized carbons (Fsp3) is 0.182. The van der Waals surface area contributed by atoms with Crippen LogP contribution in [-0.2, 0) is 6.42 Å². The van der Waals surface area contributed by atoms with Crippen molar-refractivity contribution < 1.29 is 8.78 Å². The Bertz CT molecular complexity index is 705. The fourth-order valence-electron chi connectivity index (χ4n) is 1.61. The third-order valence-corrected chi connectivity index (χ3v) is 3.00. The number of aromatic nitrogens is 4. The summed E-state index contributed by atoms with van der Waals surface area (Å²) >= 11 is 3.18. The first-order valence-corrected chi connectivity index (χ1v) is 6.34. The highest BCUT2D eigenvalue weighted by atomic mass is 79.9. The van der Waals surface area contributed by atoms with E-state index in [1.165, 1.54) is 0 Å². The van der Waals surface area contributed by atoms with Crippen molar-refractivity contribution in [3.63, 3.8) is 0 Å². The first-order valence-electron chi connectivity index (χ1n) is 5.55. The molecule has 0 aliphatic heterocycles. The van der Waals surface area contributed by atoms with Crippen molar-refractivity contribution in [1.82, 2.24) is 19.7 Å². The van der Waals surface area contributed by atoms with Crippen molar-refractivity contribution in [2.75, 3.05) is 6.54 Å². The van der Waals surface area contributed by atoms with Crippen LogP contribution < -0.4 is 11.4 Å². The minimum Gasteiger partial charge on any atom is -0.327 e. The van der Waals surface area contributed by atoms with E-state index in [1.807, 2.05) is 0 Å². The Morgan fingerprint density at radius 1 is 1.45 bits per heavy atom. The summed E-state index contributed by atoms with van der Waals surface area (Å²) in [6.07, 6.45) is -2.09. The molecule has 0 aliphatic carbocycles. The van der Waals surface area contributed by atoms with Crippen LogP contribution in [0.4, 0.5) is 8.78 Å². The molecule has 0 saturated carbocycles. The monoisotopic (exact) mass is 345 g/mol. The molecule has 0 radical (unpaired) electrons. The van der Waals surface area contributed by atoms with Crippen LogP contribution in [0.15, 0.2) is 39.3 Å². The van der Waals surface area contributed by atoms with Gasteiger partial charge in [0.2, 0.25) is 0 Å². The lowest BCUT2D eigenvalue weighted by Gasteiger charge is -2.06. The number of hydrogen-bond donors (Lipinski definition) is 2. The van der Waals surface area contributed by atoms with Gasteiger partial charge in [-0.3, -0.25) is 0 Å². The molecule has 2 heterocycles. The van der Waals surface area contributed by atoms with Crippen molar-refractivity contribution in [2.45, 2.75) is 6.42 Å². The van der Waals surface area contributed by atoms with Crippen molar-refractivity contribution in [3.8, 4) is 5.82 Å². The van der Waals surface area contributed by atoms with Crippen LogP contribution in [0.25, 0.3) is 5.82 Å². The van der Waals surface area contributed by atoms with Gasteiger partial charge in [-0.2, -0.15) is 13.9 Å². The summed E-state index contributed by atoms with van der Waals surface area (Å²) in [7, 11) is 0. The SMILES string of the molecule is NCC(Cc1n[nH]c(=O)n1-c1cccc(Br)n1)=C(F)F. The molecular formula is C11H10BrF2N5O. The van der Waals surface area contributed by atoms with Crippen molar-refractivity contribution in [2.24, 2.45) is 5.73 Å². The topological polar surface area (TPSA) is 89.6 Å². The van der Waals surface area contributed by atoms with Gasteiger partial charge in [0.15, 0.2) is 0 Å². The van der Waals surface area contributed by atoms with Crippen LogP contribution in [0.3, 0.4) is 0 Å². The molecule has 0 unspecified atom stereocenters.